The summed E-state index contributed by atoms with van der Waals surface area (Å²) in [5, 5.41) is 12.7. The van der Waals surface area contributed by atoms with Crippen molar-refractivity contribution in [3.05, 3.63) is 88.9 Å². The van der Waals surface area contributed by atoms with Crippen LogP contribution in [0.2, 0.25) is 0 Å². The molecule has 3 aromatic rings. The topological polar surface area (TPSA) is 114 Å². The number of carbonyl (C=O) groups is 3. The average Bonchev–Trinajstić information content (AvgIpc) is 3.13. The van der Waals surface area contributed by atoms with Gasteiger partial charge >= 0.3 is 5.97 Å². The minimum Gasteiger partial charge on any atom is -0.493 e. The largest absolute Gasteiger partial charge is 0.493 e. The second-order valence-electron chi connectivity index (χ2n) is 10.1. The highest BCUT2D eigenvalue weighted by Gasteiger charge is 2.42. The molecule has 0 unspecified atom stereocenters. The molecule has 1 aliphatic carbocycles. The van der Waals surface area contributed by atoms with E-state index in [2.05, 4.69) is 5.32 Å². The van der Waals surface area contributed by atoms with Crippen LogP contribution < -0.4 is 24.4 Å². The summed E-state index contributed by atoms with van der Waals surface area (Å²) in [6, 6.07) is 15.5. The number of benzene rings is 3. The van der Waals surface area contributed by atoms with Gasteiger partial charge in [-0.05, 0) is 59.9 Å². The number of Topliss-reactive ketones (excluding diaryl/α,β-unsaturated/α-hetero) is 1. The van der Waals surface area contributed by atoms with Crippen molar-refractivity contribution in [2.75, 3.05) is 31.5 Å². The molecule has 0 saturated carbocycles. The van der Waals surface area contributed by atoms with Crippen LogP contribution in [-0.2, 0) is 14.4 Å². The Hall–Kier alpha value is -4.86. The predicted octanol–water partition coefficient (Wildman–Crippen LogP) is 5.62. The molecule has 2 aliphatic rings. The number of amides is 1. The van der Waals surface area contributed by atoms with E-state index in [1.54, 1.807) is 30.3 Å². The van der Waals surface area contributed by atoms with Crippen molar-refractivity contribution in [2.24, 2.45) is 0 Å². The number of fused-ring (bicyclic) bond motifs is 1. The summed E-state index contributed by atoms with van der Waals surface area (Å²) in [5.74, 6) is -1.25. The summed E-state index contributed by atoms with van der Waals surface area (Å²) in [6.45, 7) is 0. The summed E-state index contributed by atoms with van der Waals surface area (Å²) in [4.78, 5) is 40.7. The number of carboxylic acid groups (broad SMARTS) is 1. The number of nitrogens with one attached hydrogen (secondary N) is 1. The number of methoxy groups -OCH3 is 3. The van der Waals surface area contributed by atoms with Crippen LogP contribution in [0, 0.1) is 5.82 Å². The fourth-order valence-corrected chi connectivity index (χ4v) is 5.76. The fourth-order valence-electron chi connectivity index (χ4n) is 5.76. The van der Waals surface area contributed by atoms with E-state index in [0.717, 1.165) is 5.56 Å². The zero-order valence-electron chi connectivity index (χ0n) is 23.5. The van der Waals surface area contributed by atoms with E-state index in [-0.39, 0.29) is 31.0 Å². The first-order valence-corrected chi connectivity index (χ1v) is 13.5. The van der Waals surface area contributed by atoms with Gasteiger partial charge in [-0.3, -0.25) is 19.3 Å². The molecule has 1 aliphatic heterocycles. The third kappa shape index (κ3) is 5.39. The Morgan fingerprint density at radius 2 is 1.64 bits per heavy atom. The molecule has 5 rings (SSSR count). The molecule has 2 atom stereocenters. The van der Waals surface area contributed by atoms with E-state index in [4.69, 9.17) is 14.2 Å². The summed E-state index contributed by atoms with van der Waals surface area (Å²) in [5.41, 5.74) is 3.19. The molecule has 3 aromatic carbocycles. The summed E-state index contributed by atoms with van der Waals surface area (Å²) < 4.78 is 31.1. The van der Waals surface area contributed by atoms with Crippen molar-refractivity contribution in [3.8, 4) is 17.2 Å². The summed E-state index contributed by atoms with van der Waals surface area (Å²) >= 11 is 0. The number of allylic oxidation sites excluding steroid dienone is 1. The van der Waals surface area contributed by atoms with Crippen LogP contribution in [0.15, 0.2) is 71.9 Å². The van der Waals surface area contributed by atoms with Gasteiger partial charge in [-0.1, -0.05) is 24.3 Å². The SMILES string of the molecule is COc1cc([C@@H]2CC(=O)C3=C(C2)Nc2ccccc2N(C(=O)CCC(=O)O)[C@H]3c2cccc(F)c2)cc(OC)c1OC. The van der Waals surface area contributed by atoms with Crippen molar-refractivity contribution in [3.63, 3.8) is 0 Å². The van der Waals surface area contributed by atoms with Gasteiger partial charge in [-0.2, -0.15) is 0 Å². The second kappa shape index (κ2) is 11.9. The van der Waals surface area contributed by atoms with Crippen molar-refractivity contribution in [1.29, 1.82) is 0 Å². The number of carbonyl (C=O) groups excluding carboxylic acids is 2. The number of aliphatic carboxylic acids is 1. The molecule has 218 valence electrons. The minimum absolute atomic E-state index is 0.110. The lowest BCUT2D eigenvalue weighted by atomic mass is 9.78. The van der Waals surface area contributed by atoms with E-state index in [9.17, 15) is 23.9 Å². The molecule has 0 fully saturated rings. The number of ketones is 1. The van der Waals surface area contributed by atoms with Crippen molar-refractivity contribution in [2.45, 2.75) is 37.6 Å². The van der Waals surface area contributed by atoms with E-state index in [1.807, 2.05) is 12.1 Å². The molecule has 1 amide bonds. The molecule has 2 N–H and O–H groups in total. The van der Waals surface area contributed by atoms with E-state index in [1.165, 1.54) is 44.4 Å². The molecule has 0 radical (unpaired) electrons. The number of hydrogen-bond donors (Lipinski definition) is 2. The second-order valence-corrected chi connectivity index (χ2v) is 10.1. The maximum Gasteiger partial charge on any atom is 0.303 e. The van der Waals surface area contributed by atoms with Crippen LogP contribution in [0.3, 0.4) is 0 Å². The number of rotatable bonds is 8. The first-order chi connectivity index (χ1) is 20.2. The molecule has 0 aromatic heterocycles. The Bertz CT molecular complexity index is 1560. The van der Waals surface area contributed by atoms with Gasteiger partial charge in [0.15, 0.2) is 17.3 Å². The van der Waals surface area contributed by atoms with Crippen LogP contribution in [0.1, 0.15) is 48.8 Å². The quantitative estimate of drug-likeness (QED) is 0.357. The minimum atomic E-state index is -1.12. The van der Waals surface area contributed by atoms with Crippen molar-refractivity contribution >= 4 is 29.0 Å². The van der Waals surface area contributed by atoms with Crippen molar-refractivity contribution in [1.82, 2.24) is 0 Å². The van der Waals surface area contributed by atoms with Gasteiger partial charge in [0.05, 0.1) is 45.2 Å². The number of hydrogen-bond acceptors (Lipinski definition) is 7. The molecular formula is C32H31FN2O7. The normalized spacial score (nSPS) is 17.9. The van der Waals surface area contributed by atoms with Crippen LogP contribution in [-0.4, -0.2) is 44.1 Å². The lowest BCUT2D eigenvalue weighted by molar-refractivity contribution is -0.138. The van der Waals surface area contributed by atoms with Gasteiger partial charge in [-0.15, -0.1) is 0 Å². The molecule has 0 bridgehead atoms. The molecular weight excluding hydrogens is 543 g/mol. The molecule has 10 heteroatoms. The van der Waals surface area contributed by atoms with Gasteiger partial charge in [0.2, 0.25) is 11.7 Å². The van der Waals surface area contributed by atoms with Gasteiger partial charge in [0.1, 0.15) is 5.82 Å². The van der Waals surface area contributed by atoms with Gasteiger partial charge in [0.25, 0.3) is 0 Å². The summed E-state index contributed by atoms with van der Waals surface area (Å²) in [6.07, 6.45) is -0.167. The Balaban J connectivity index is 1.67. The Kier molecular flexibility index (Phi) is 8.15. The highest BCUT2D eigenvalue weighted by molar-refractivity contribution is 6.06. The highest BCUT2D eigenvalue weighted by Crippen LogP contribution is 2.49. The van der Waals surface area contributed by atoms with Gasteiger partial charge in [0, 0.05) is 24.1 Å². The maximum atomic E-state index is 14.6. The number of carboxylic acids is 1. The average molecular weight is 575 g/mol. The van der Waals surface area contributed by atoms with E-state index >= 15 is 0 Å². The molecule has 0 spiro atoms. The van der Waals surface area contributed by atoms with Crippen LogP contribution in [0.25, 0.3) is 0 Å². The first-order valence-electron chi connectivity index (χ1n) is 13.5. The lowest BCUT2D eigenvalue weighted by Gasteiger charge is -2.35. The monoisotopic (exact) mass is 574 g/mol. The third-order valence-corrected chi connectivity index (χ3v) is 7.63. The molecule has 1 heterocycles. The maximum absolute atomic E-state index is 14.6. The lowest BCUT2D eigenvalue weighted by Crippen LogP contribution is -2.38. The number of ether oxygens (including phenoxy) is 3. The molecule has 42 heavy (non-hydrogen) atoms. The van der Waals surface area contributed by atoms with Gasteiger partial charge in [-0.25, -0.2) is 4.39 Å². The standard InChI is InChI=1S/C32H31FN2O7/c1-40-26-16-20(17-27(41-2)32(26)42-3)19-14-23-30(25(36)15-19)31(18-7-6-8-21(33)13-18)35(28(37)11-12-29(38)39)24-10-5-4-9-22(24)34-23/h4-10,13,16-17,19,31,34H,11-12,14-15H2,1-3H3,(H,38,39)/t19-,31-/m0/s1. The number of para-hydroxylation sites is 2. The predicted molar refractivity (Wildman–Crippen MR) is 154 cm³/mol. The number of halogens is 1. The Morgan fingerprint density at radius 1 is 0.929 bits per heavy atom. The Labute approximate surface area is 242 Å². The smallest absolute Gasteiger partial charge is 0.303 e. The van der Waals surface area contributed by atoms with Crippen LogP contribution in [0.4, 0.5) is 15.8 Å². The molecule has 9 nitrogen and oxygen atoms in total. The van der Waals surface area contributed by atoms with E-state index in [0.29, 0.717) is 51.9 Å². The number of anilines is 2. The zero-order valence-corrected chi connectivity index (χ0v) is 23.5. The van der Waals surface area contributed by atoms with E-state index < -0.39 is 23.7 Å². The zero-order chi connectivity index (χ0) is 30.0. The Morgan fingerprint density at radius 3 is 2.29 bits per heavy atom. The summed E-state index contributed by atoms with van der Waals surface area (Å²) in [7, 11) is 4.57. The third-order valence-electron chi connectivity index (χ3n) is 7.63. The van der Waals surface area contributed by atoms with Crippen molar-refractivity contribution < 1.29 is 38.1 Å². The van der Waals surface area contributed by atoms with Crippen LogP contribution in [0.5, 0.6) is 17.2 Å². The van der Waals surface area contributed by atoms with Crippen LogP contribution >= 0.6 is 0 Å². The highest BCUT2D eigenvalue weighted by atomic mass is 19.1. The van der Waals surface area contributed by atoms with Gasteiger partial charge < -0.3 is 24.6 Å². The number of nitrogens with zero attached hydrogens (tertiary/aromatic N) is 1. The fraction of sp³-hybridized carbons (Fsp3) is 0.281. The first kappa shape index (κ1) is 28.7. The molecule has 0 saturated heterocycles.